The van der Waals surface area contributed by atoms with Gasteiger partial charge in [0, 0.05) is 18.1 Å². The largest absolute Gasteiger partial charge is 0.353 e. The van der Waals surface area contributed by atoms with Crippen LogP contribution in [-0.2, 0) is 0 Å². The molecular formula is C6H8N2OS. The molecule has 54 valence electrons. The van der Waals surface area contributed by atoms with Crippen LogP contribution in [0.5, 0.6) is 0 Å². The van der Waals surface area contributed by atoms with E-state index in [1.165, 1.54) is 11.3 Å². The fraction of sp³-hybridized carbons (Fsp3) is 0.333. The van der Waals surface area contributed by atoms with Crippen molar-refractivity contribution in [3.05, 3.63) is 16.1 Å². The Balaban J connectivity index is 2.85. The molecular weight excluding hydrogens is 148 g/mol. The van der Waals surface area contributed by atoms with Crippen LogP contribution in [0.1, 0.15) is 15.5 Å². The van der Waals surface area contributed by atoms with E-state index < -0.39 is 0 Å². The fourth-order valence-electron chi connectivity index (χ4n) is 0.565. The Labute approximate surface area is 63.1 Å². The maximum absolute atomic E-state index is 10.9. The van der Waals surface area contributed by atoms with Gasteiger partial charge in [-0.05, 0) is 6.92 Å². The van der Waals surface area contributed by atoms with E-state index in [2.05, 4.69) is 10.3 Å². The molecule has 0 saturated carbocycles. The summed E-state index contributed by atoms with van der Waals surface area (Å²) in [4.78, 5) is 14.9. The van der Waals surface area contributed by atoms with Crippen molar-refractivity contribution in [1.82, 2.24) is 10.3 Å². The van der Waals surface area contributed by atoms with Crippen molar-refractivity contribution in [2.24, 2.45) is 0 Å². The number of rotatable bonds is 1. The Bertz CT molecular complexity index is 244. The molecule has 0 radical (unpaired) electrons. The summed E-state index contributed by atoms with van der Waals surface area (Å²) in [6.07, 6.45) is 0. The van der Waals surface area contributed by atoms with Crippen LogP contribution in [0.15, 0.2) is 5.38 Å². The Morgan fingerprint density at radius 3 is 2.90 bits per heavy atom. The first kappa shape index (κ1) is 7.21. The molecule has 0 saturated heterocycles. The number of aryl methyl sites for hydroxylation is 1. The van der Waals surface area contributed by atoms with Crippen LogP contribution in [-0.4, -0.2) is 17.9 Å². The average molecular weight is 156 g/mol. The molecule has 4 heteroatoms. The lowest BCUT2D eigenvalue weighted by molar-refractivity contribution is 0.0962. The Morgan fingerprint density at radius 2 is 2.50 bits per heavy atom. The van der Waals surface area contributed by atoms with Crippen molar-refractivity contribution in [2.75, 3.05) is 7.05 Å². The van der Waals surface area contributed by atoms with E-state index in [1.54, 1.807) is 7.05 Å². The van der Waals surface area contributed by atoms with Gasteiger partial charge in [-0.1, -0.05) is 0 Å². The van der Waals surface area contributed by atoms with Crippen molar-refractivity contribution < 1.29 is 4.79 Å². The van der Waals surface area contributed by atoms with Gasteiger partial charge in [0.15, 0.2) is 5.01 Å². The number of carbonyl (C=O) groups is 1. The van der Waals surface area contributed by atoms with Crippen LogP contribution in [0.4, 0.5) is 0 Å². The minimum atomic E-state index is -0.113. The molecule has 1 amide bonds. The minimum absolute atomic E-state index is 0.113. The summed E-state index contributed by atoms with van der Waals surface area (Å²) < 4.78 is 0. The van der Waals surface area contributed by atoms with Gasteiger partial charge in [-0.25, -0.2) is 4.98 Å². The summed E-state index contributed by atoms with van der Waals surface area (Å²) in [6.45, 7) is 1.86. The molecule has 0 atom stereocenters. The summed E-state index contributed by atoms with van der Waals surface area (Å²) in [5.74, 6) is -0.113. The van der Waals surface area contributed by atoms with Crippen molar-refractivity contribution in [2.45, 2.75) is 6.92 Å². The second-order valence-electron chi connectivity index (χ2n) is 1.87. The van der Waals surface area contributed by atoms with Gasteiger partial charge in [-0.2, -0.15) is 0 Å². The molecule has 0 aliphatic rings. The predicted molar refractivity (Wildman–Crippen MR) is 40.2 cm³/mol. The van der Waals surface area contributed by atoms with Crippen molar-refractivity contribution >= 4 is 17.2 Å². The third kappa shape index (κ3) is 1.33. The van der Waals surface area contributed by atoms with Gasteiger partial charge in [0.25, 0.3) is 5.91 Å². The highest BCUT2D eigenvalue weighted by atomic mass is 32.1. The molecule has 0 unspecified atom stereocenters. The molecule has 0 bridgehead atoms. The van der Waals surface area contributed by atoms with Crippen LogP contribution in [0.2, 0.25) is 0 Å². The first-order valence-electron chi connectivity index (χ1n) is 2.88. The van der Waals surface area contributed by atoms with Crippen molar-refractivity contribution in [1.29, 1.82) is 0 Å². The number of aromatic nitrogens is 1. The topological polar surface area (TPSA) is 42.0 Å². The standard InChI is InChI=1S/C6H8N2OS/c1-4-3-10-6(8-4)5(9)7-2/h3H,1-2H3,(H,7,9). The Morgan fingerprint density at radius 1 is 1.80 bits per heavy atom. The molecule has 10 heavy (non-hydrogen) atoms. The molecule has 1 heterocycles. The monoisotopic (exact) mass is 156 g/mol. The van der Waals surface area contributed by atoms with Crippen LogP contribution < -0.4 is 5.32 Å². The van der Waals surface area contributed by atoms with Gasteiger partial charge in [-0.15, -0.1) is 11.3 Å². The maximum atomic E-state index is 10.9. The zero-order valence-corrected chi connectivity index (χ0v) is 6.66. The molecule has 0 aliphatic carbocycles. The first-order valence-corrected chi connectivity index (χ1v) is 3.76. The molecule has 1 rings (SSSR count). The Kier molecular flexibility index (Phi) is 2.01. The number of thiazole rings is 1. The lowest BCUT2D eigenvalue weighted by Gasteiger charge is -1.89. The SMILES string of the molecule is CNC(=O)c1nc(C)cs1. The molecule has 3 nitrogen and oxygen atoms in total. The molecule has 0 aliphatic heterocycles. The quantitative estimate of drug-likeness (QED) is 0.653. The lowest BCUT2D eigenvalue weighted by Crippen LogP contribution is -2.17. The van der Waals surface area contributed by atoms with Crippen LogP contribution in [0.3, 0.4) is 0 Å². The van der Waals surface area contributed by atoms with Crippen molar-refractivity contribution in [3.63, 3.8) is 0 Å². The van der Waals surface area contributed by atoms with Crippen LogP contribution in [0, 0.1) is 6.92 Å². The smallest absolute Gasteiger partial charge is 0.280 e. The lowest BCUT2D eigenvalue weighted by atomic mass is 10.5. The molecule has 1 N–H and O–H groups in total. The molecule has 0 spiro atoms. The van der Waals surface area contributed by atoms with E-state index in [0.717, 1.165) is 5.69 Å². The summed E-state index contributed by atoms with van der Waals surface area (Å²) in [7, 11) is 1.60. The fourth-order valence-corrected chi connectivity index (χ4v) is 1.31. The van der Waals surface area contributed by atoms with Gasteiger partial charge in [0.1, 0.15) is 0 Å². The van der Waals surface area contributed by atoms with Crippen LogP contribution in [0.25, 0.3) is 0 Å². The van der Waals surface area contributed by atoms with E-state index in [0.29, 0.717) is 5.01 Å². The number of hydrogen-bond donors (Lipinski definition) is 1. The van der Waals surface area contributed by atoms with E-state index in [1.807, 2.05) is 12.3 Å². The van der Waals surface area contributed by atoms with E-state index in [9.17, 15) is 4.79 Å². The van der Waals surface area contributed by atoms with Gasteiger partial charge >= 0.3 is 0 Å². The first-order chi connectivity index (χ1) is 4.74. The van der Waals surface area contributed by atoms with Gasteiger partial charge in [0.05, 0.1) is 0 Å². The molecule has 1 aromatic heterocycles. The second kappa shape index (κ2) is 2.79. The minimum Gasteiger partial charge on any atom is -0.353 e. The normalized spacial score (nSPS) is 9.40. The number of amides is 1. The average Bonchev–Trinajstić information content (AvgIpc) is 2.34. The molecule has 0 fully saturated rings. The van der Waals surface area contributed by atoms with E-state index >= 15 is 0 Å². The maximum Gasteiger partial charge on any atom is 0.280 e. The number of hydrogen-bond acceptors (Lipinski definition) is 3. The van der Waals surface area contributed by atoms with Crippen LogP contribution >= 0.6 is 11.3 Å². The summed E-state index contributed by atoms with van der Waals surface area (Å²) in [5.41, 5.74) is 0.892. The highest BCUT2D eigenvalue weighted by Gasteiger charge is 2.05. The van der Waals surface area contributed by atoms with Gasteiger partial charge in [0.2, 0.25) is 0 Å². The number of carbonyl (C=O) groups excluding carboxylic acids is 1. The summed E-state index contributed by atoms with van der Waals surface area (Å²) >= 11 is 1.36. The number of nitrogens with zero attached hydrogens (tertiary/aromatic N) is 1. The predicted octanol–water partition coefficient (Wildman–Crippen LogP) is 0.811. The Hall–Kier alpha value is -0.900. The summed E-state index contributed by atoms with van der Waals surface area (Å²) in [6, 6.07) is 0. The number of nitrogens with one attached hydrogen (secondary N) is 1. The van der Waals surface area contributed by atoms with Gasteiger partial charge < -0.3 is 5.32 Å². The highest BCUT2D eigenvalue weighted by molar-refractivity contribution is 7.11. The summed E-state index contributed by atoms with van der Waals surface area (Å²) in [5, 5.41) is 4.88. The molecule has 0 aromatic carbocycles. The zero-order valence-electron chi connectivity index (χ0n) is 5.84. The molecule has 1 aromatic rings. The zero-order chi connectivity index (χ0) is 7.56. The van der Waals surface area contributed by atoms with Gasteiger partial charge in [-0.3, -0.25) is 4.79 Å². The van der Waals surface area contributed by atoms with Crippen molar-refractivity contribution in [3.8, 4) is 0 Å². The second-order valence-corrected chi connectivity index (χ2v) is 2.73. The van der Waals surface area contributed by atoms with E-state index in [-0.39, 0.29) is 5.91 Å². The highest BCUT2D eigenvalue weighted by Crippen LogP contribution is 2.07. The third-order valence-electron chi connectivity index (χ3n) is 1.04. The third-order valence-corrected chi connectivity index (χ3v) is 2.00. The van der Waals surface area contributed by atoms with E-state index in [4.69, 9.17) is 0 Å².